The lowest BCUT2D eigenvalue weighted by molar-refractivity contribution is -0.319. The van der Waals surface area contributed by atoms with E-state index in [1.165, 1.54) is 32.2 Å². The molecule has 50 heavy (non-hydrogen) atoms. The average molecular weight is 709 g/mol. The van der Waals surface area contributed by atoms with Crippen molar-refractivity contribution < 1.29 is 78.5 Å². The number of rotatable bonds is 10. The lowest BCUT2D eigenvalue weighted by Gasteiger charge is -2.43. The molecule has 2 saturated heterocycles. The van der Waals surface area contributed by atoms with E-state index in [0.29, 0.717) is 0 Å². The smallest absolute Gasteiger partial charge is 0.306 e. The van der Waals surface area contributed by atoms with Crippen molar-refractivity contribution in [2.75, 3.05) is 13.7 Å². The van der Waals surface area contributed by atoms with Gasteiger partial charge in [0.05, 0.1) is 19.8 Å². The highest BCUT2D eigenvalue weighted by molar-refractivity contribution is 5.88. The molecule has 1 aromatic heterocycles. The van der Waals surface area contributed by atoms with Crippen LogP contribution >= 0.6 is 0 Å². The fourth-order valence-electron chi connectivity index (χ4n) is 5.64. The Labute approximate surface area is 284 Å². The molecule has 10 atom stereocenters. The van der Waals surface area contributed by atoms with Gasteiger partial charge in [-0.1, -0.05) is 13.8 Å². The zero-order valence-corrected chi connectivity index (χ0v) is 27.4. The molecule has 0 saturated carbocycles. The summed E-state index contributed by atoms with van der Waals surface area (Å²) in [5, 5.41) is 83.3. The molecule has 0 unspecified atom stereocenters. The van der Waals surface area contributed by atoms with Gasteiger partial charge in [0.1, 0.15) is 59.1 Å². The fraction of sp³-hybridized carbons (Fsp3) is 0.515. The van der Waals surface area contributed by atoms with E-state index in [2.05, 4.69) is 0 Å². The molecule has 2 fully saturated rings. The van der Waals surface area contributed by atoms with Crippen molar-refractivity contribution in [2.45, 2.75) is 88.6 Å². The number of phenolic OH excluding ortho intramolecular Hbond substituents is 3. The van der Waals surface area contributed by atoms with E-state index >= 15 is 0 Å². The third kappa shape index (κ3) is 7.45. The maximum Gasteiger partial charge on any atom is 0.306 e. The van der Waals surface area contributed by atoms with E-state index in [1.54, 1.807) is 13.8 Å². The van der Waals surface area contributed by atoms with Crippen molar-refractivity contribution in [3.8, 4) is 40.1 Å². The number of aromatic hydroxyl groups is 3. The summed E-state index contributed by atoms with van der Waals surface area (Å²) in [4.78, 5) is 26.8. The molecule has 0 aliphatic carbocycles. The first-order chi connectivity index (χ1) is 23.6. The number of aliphatic hydroxyl groups excluding tert-OH is 5. The summed E-state index contributed by atoms with van der Waals surface area (Å²) in [5.74, 6) is -3.32. The van der Waals surface area contributed by atoms with Gasteiger partial charge in [0.15, 0.2) is 29.7 Å². The molecule has 2 aromatic carbocycles. The lowest BCUT2D eigenvalue weighted by atomic mass is 9.98. The molecule has 17 heteroatoms. The highest BCUT2D eigenvalue weighted by atomic mass is 16.7. The Morgan fingerprint density at radius 1 is 0.880 bits per heavy atom. The molecule has 0 radical (unpaired) electrons. The number of benzene rings is 2. The minimum Gasteiger partial charge on any atom is -0.508 e. The molecule has 2 aliphatic heterocycles. The van der Waals surface area contributed by atoms with Crippen molar-refractivity contribution in [3.63, 3.8) is 0 Å². The molecule has 8 N–H and O–H groups in total. The molecule has 274 valence electrons. The number of esters is 1. The summed E-state index contributed by atoms with van der Waals surface area (Å²) in [6.45, 7) is 4.30. The van der Waals surface area contributed by atoms with Crippen LogP contribution in [0.5, 0.6) is 28.7 Å². The Morgan fingerprint density at radius 3 is 2.28 bits per heavy atom. The summed E-state index contributed by atoms with van der Waals surface area (Å²) in [7, 11) is 1.28. The molecule has 17 nitrogen and oxygen atoms in total. The number of carbonyl (C=O) groups is 1. The molecule has 3 aromatic rings. The van der Waals surface area contributed by atoms with E-state index in [9.17, 15) is 50.4 Å². The van der Waals surface area contributed by atoms with E-state index in [4.69, 9.17) is 32.8 Å². The van der Waals surface area contributed by atoms with Crippen LogP contribution in [0.1, 0.15) is 27.2 Å². The number of methoxy groups -OCH3 is 1. The Balaban J connectivity index is 1.56. The van der Waals surface area contributed by atoms with Crippen LogP contribution in [0.3, 0.4) is 0 Å². The second-order valence-electron chi connectivity index (χ2n) is 12.5. The lowest BCUT2D eigenvalue weighted by Crippen LogP contribution is -2.62. The van der Waals surface area contributed by atoms with Crippen molar-refractivity contribution in [1.82, 2.24) is 0 Å². The number of fused-ring (bicyclic) bond motifs is 1. The Bertz CT molecular complexity index is 1740. The van der Waals surface area contributed by atoms with E-state index in [0.717, 1.165) is 12.1 Å². The quantitative estimate of drug-likeness (QED) is 0.131. The third-order valence-corrected chi connectivity index (χ3v) is 8.31. The van der Waals surface area contributed by atoms with Gasteiger partial charge in [-0.3, -0.25) is 9.59 Å². The summed E-state index contributed by atoms with van der Waals surface area (Å²) >= 11 is 0. The second-order valence-corrected chi connectivity index (χ2v) is 12.5. The van der Waals surface area contributed by atoms with Crippen LogP contribution in [0.25, 0.3) is 22.3 Å². The first kappa shape index (κ1) is 37.1. The van der Waals surface area contributed by atoms with Gasteiger partial charge in [-0.25, -0.2) is 0 Å². The molecule has 0 spiro atoms. The predicted octanol–water partition coefficient (Wildman–Crippen LogP) is 0.213. The van der Waals surface area contributed by atoms with Crippen molar-refractivity contribution in [2.24, 2.45) is 5.92 Å². The Kier molecular flexibility index (Phi) is 11.1. The molecular formula is C33H40O17. The summed E-state index contributed by atoms with van der Waals surface area (Å²) < 4.78 is 39.6. The highest BCUT2D eigenvalue weighted by Gasteiger charge is 2.50. The molecule has 5 rings (SSSR count). The molecule has 0 amide bonds. The molecular weight excluding hydrogens is 668 g/mol. The van der Waals surface area contributed by atoms with Crippen LogP contribution in [0.15, 0.2) is 39.5 Å². The topological polar surface area (TPSA) is 264 Å². The second kappa shape index (κ2) is 15.0. The third-order valence-electron chi connectivity index (χ3n) is 8.31. The van der Waals surface area contributed by atoms with E-state index in [1.807, 2.05) is 0 Å². The van der Waals surface area contributed by atoms with Crippen molar-refractivity contribution in [3.05, 3.63) is 40.6 Å². The number of aliphatic hydroxyl groups is 5. The van der Waals surface area contributed by atoms with Gasteiger partial charge in [-0.2, -0.15) is 0 Å². The van der Waals surface area contributed by atoms with Gasteiger partial charge in [0, 0.05) is 24.1 Å². The maximum absolute atomic E-state index is 14.0. The zero-order valence-electron chi connectivity index (χ0n) is 27.4. The van der Waals surface area contributed by atoms with Gasteiger partial charge >= 0.3 is 5.97 Å². The summed E-state index contributed by atoms with van der Waals surface area (Å²) in [5.41, 5.74) is -1.16. The normalized spacial score (nSPS) is 30.0. The number of hydrogen-bond acceptors (Lipinski definition) is 17. The number of hydrogen-bond donors (Lipinski definition) is 8. The van der Waals surface area contributed by atoms with Crippen molar-refractivity contribution in [1.29, 1.82) is 0 Å². The number of phenols is 3. The molecule has 0 bridgehead atoms. The van der Waals surface area contributed by atoms with Gasteiger partial charge in [-0.05, 0) is 31.0 Å². The summed E-state index contributed by atoms with van der Waals surface area (Å²) in [6, 6.07) is 5.85. The van der Waals surface area contributed by atoms with Crippen LogP contribution in [0, 0.1) is 5.92 Å². The monoisotopic (exact) mass is 708 g/mol. The Morgan fingerprint density at radius 2 is 1.60 bits per heavy atom. The fourth-order valence-corrected chi connectivity index (χ4v) is 5.64. The zero-order chi connectivity index (χ0) is 36.6. The van der Waals surface area contributed by atoms with Gasteiger partial charge in [0.2, 0.25) is 17.5 Å². The first-order valence-electron chi connectivity index (χ1n) is 15.7. The first-order valence-corrected chi connectivity index (χ1v) is 15.7. The SMILES string of the molecule is COc1cc(-c2oc3cc(O)cc(O)c3c(=O)c2O[C@H]2O[C@@H](CO[C@@H]3O[C@@H](C)[C@H](O)[C@H](O)[C@H]3O)[C@H](O)[C@H](O)[C@@H]2OC(=O)CC(C)C)ccc1O. The van der Waals surface area contributed by atoms with Gasteiger partial charge in [0.25, 0.3) is 0 Å². The van der Waals surface area contributed by atoms with Crippen LogP contribution in [0.2, 0.25) is 0 Å². The predicted molar refractivity (Wildman–Crippen MR) is 168 cm³/mol. The highest BCUT2D eigenvalue weighted by Crippen LogP contribution is 2.40. The van der Waals surface area contributed by atoms with Crippen LogP contribution < -0.4 is 14.9 Å². The van der Waals surface area contributed by atoms with Crippen LogP contribution in [0.4, 0.5) is 0 Å². The standard InChI is InChI=1S/C33H40O17/c1-12(2)7-21(37)49-31-27(42)24(39)20(11-45-32-28(43)26(41)23(38)13(3)46-32)48-33(31)50-30-25(40)22-17(36)9-15(34)10-19(22)47-29(30)14-5-6-16(35)18(8-14)44-4/h5-6,8-10,12-13,20,23-24,26-28,31-36,38-39,41-43H,7,11H2,1-4H3/t13-,20-,23-,24-,26-,27-,28+,31-,32+,33+/m0/s1. The van der Waals surface area contributed by atoms with Gasteiger partial charge < -0.3 is 73.7 Å². The number of ether oxygens (including phenoxy) is 6. The van der Waals surface area contributed by atoms with Crippen LogP contribution in [-0.4, -0.2) is 122 Å². The molecule has 2 aliphatic rings. The minimum atomic E-state index is -1.91. The van der Waals surface area contributed by atoms with Crippen LogP contribution in [-0.2, 0) is 23.7 Å². The van der Waals surface area contributed by atoms with Gasteiger partial charge in [-0.15, -0.1) is 0 Å². The minimum absolute atomic E-state index is 0.0285. The summed E-state index contributed by atoms with van der Waals surface area (Å²) in [6.07, 6.45) is -16.1. The number of carbonyl (C=O) groups excluding carboxylic acids is 1. The average Bonchev–Trinajstić information content (AvgIpc) is 3.05. The largest absolute Gasteiger partial charge is 0.508 e. The van der Waals surface area contributed by atoms with E-state index < -0.39 is 102 Å². The Hall–Kier alpha value is -4.20. The maximum atomic E-state index is 14.0. The van der Waals surface area contributed by atoms with E-state index in [-0.39, 0.29) is 40.7 Å². The van der Waals surface area contributed by atoms with Crippen molar-refractivity contribution >= 4 is 16.9 Å². The molecule has 3 heterocycles.